The van der Waals surface area contributed by atoms with Crippen molar-refractivity contribution in [2.45, 2.75) is 77.8 Å². The van der Waals surface area contributed by atoms with Gasteiger partial charge in [0, 0.05) is 30.4 Å². The summed E-state index contributed by atoms with van der Waals surface area (Å²) >= 11 is 0. The number of hydrogen-bond acceptors (Lipinski definition) is 4. The van der Waals surface area contributed by atoms with Crippen LogP contribution in [0, 0.1) is 18.3 Å². The van der Waals surface area contributed by atoms with Crippen molar-refractivity contribution < 1.29 is 0 Å². The Morgan fingerprint density at radius 1 is 1.18 bits per heavy atom. The second-order valence-corrected chi connectivity index (χ2v) is 9.50. The molecule has 1 heterocycles. The normalized spacial score (nSPS) is 21.5. The Balaban J connectivity index is 1.56. The maximum absolute atomic E-state index is 7.96. The van der Waals surface area contributed by atoms with Crippen molar-refractivity contribution in [1.82, 2.24) is 10.3 Å². The minimum absolute atomic E-state index is 0.445. The van der Waals surface area contributed by atoms with Crippen LogP contribution >= 0.6 is 0 Å². The molecule has 2 fully saturated rings. The molecule has 0 spiro atoms. The van der Waals surface area contributed by atoms with Gasteiger partial charge in [0.05, 0.1) is 5.69 Å². The Morgan fingerprint density at radius 3 is 2.55 bits per heavy atom. The van der Waals surface area contributed by atoms with Gasteiger partial charge in [0.25, 0.3) is 0 Å². The van der Waals surface area contributed by atoms with Crippen LogP contribution in [0.2, 0.25) is 0 Å². The zero-order valence-electron chi connectivity index (χ0n) is 20.6. The third-order valence-corrected chi connectivity index (χ3v) is 6.79. The Morgan fingerprint density at radius 2 is 1.91 bits per heavy atom. The summed E-state index contributed by atoms with van der Waals surface area (Å²) in [6, 6.07) is 5.20. The lowest BCUT2D eigenvalue weighted by Gasteiger charge is -2.30. The topological polar surface area (TPSA) is 60.8 Å². The fraction of sp³-hybridized carbons (Fsp3) is 0.483. The first-order valence-corrected chi connectivity index (χ1v) is 12.4. The third-order valence-electron chi connectivity index (χ3n) is 6.79. The number of hydrogen-bond donors (Lipinski definition) is 3. The molecule has 4 nitrogen and oxygen atoms in total. The van der Waals surface area contributed by atoms with Crippen molar-refractivity contribution in [3.8, 4) is 0 Å². The van der Waals surface area contributed by atoms with Gasteiger partial charge in [0.2, 0.25) is 0 Å². The van der Waals surface area contributed by atoms with E-state index in [1.165, 1.54) is 35.8 Å². The molecule has 0 bridgehead atoms. The average molecular weight is 445 g/mol. The van der Waals surface area contributed by atoms with E-state index in [-0.39, 0.29) is 0 Å². The van der Waals surface area contributed by atoms with Gasteiger partial charge in [0.1, 0.15) is 5.82 Å². The van der Waals surface area contributed by atoms with Crippen molar-refractivity contribution in [1.29, 1.82) is 5.41 Å². The molecule has 0 saturated heterocycles. The highest BCUT2D eigenvalue weighted by atomic mass is 15.0. The fourth-order valence-electron chi connectivity index (χ4n) is 4.46. The van der Waals surface area contributed by atoms with Crippen molar-refractivity contribution in [3.63, 3.8) is 0 Å². The number of aromatic nitrogens is 1. The van der Waals surface area contributed by atoms with Crippen LogP contribution in [-0.4, -0.2) is 29.8 Å². The van der Waals surface area contributed by atoms with E-state index in [9.17, 15) is 0 Å². The summed E-state index contributed by atoms with van der Waals surface area (Å²) in [6.07, 6.45) is 17.5. The quantitative estimate of drug-likeness (QED) is 0.200. The van der Waals surface area contributed by atoms with Crippen LogP contribution in [0.25, 0.3) is 5.57 Å². The predicted molar refractivity (Wildman–Crippen MR) is 142 cm³/mol. The van der Waals surface area contributed by atoms with E-state index in [1.54, 1.807) is 6.08 Å². The van der Waals surface area contributed by atoms with Crippen LogP contribution in [0.4, 0.5) is 5.82 Å². The average Bonchev–Trinajstić information content (AvgIpc) is 3.63. The number of rotatable bonds is 11. The molecule has 2 aliphatic rings. The summed E-state index contributed by atoms with van der Waals surface area (Å²) < 4.78 is 0. The first-order chi connectivity index (χ1) is 16.0. The number of pyridine rings is 1. The molecule has 33 heavy (non-hydrogen) atoms. The molecule has 1 aromatic rings. The van der Waals surface area contributed by atoms with Gasteiger partial charge in [0.15, 0.2) is 0 Å². The van der Waals surface area contributed by atoms with E-state index in [0.717, 1.165) is 61.7 Å². The van der Waals surface area contributed by atoms with Crippen LogP contribution in [0.3, 0.4) is 0 Å². The standard InChI is InChI=1S/C29H40N4/c1-5-7-8-9-23(6-2)20-31-25-13-15-26(16-14-25)32-29-21(3)10-17-28(33-29)27(19-30)22(4)18-24-11-12-24/h5-7,9-10,17,19,24-26,30-31H,1,11-16,18,20H2,2-4H3,(H,32,33)/b23-6+,27-22-,30-19?. The van der Waals surface area contributed by atoms with E-state index in [0.29, 0.717) is 12.1 Å². The van der Waals surface area contributed by atoms with Crippen molar-refractivity contribution >= 4 is 17.6 Å². The zero-order chi connectivity index (χ0) is 23.6. The molecule has 0 radical (unpaired) electrons. The van der Waals surface area contributed by atoms with Gasteiger partial charge in [-0.05, 0) is 101 Å². The Kier molecular flexibility index (Phi) is 9.47. The van der Waals surface area contributed by atoms with E-state index in [2.05, 4.69) is 61.9 Å². The summed E-state index contributed by atoms with van der Waals surface area (Å²) in [7, 11) is 0. The van der Waals surface area contributed by atoms with Crippen molar-refractivity contribution in [2.24, 2.45) is 5.92 Å². The highest BCUT2D eigenvalue weighted by Gasteiger charge is 2.24. The molecule has 3 N–H and O–H groups in total. The van der Waals surface area contributed by atoms with Gasteiger partial charge >= 0.3 is 0 Å². The van der Waals surface area contributed by atoms with Gasteiger partial charge in [-0.15, -0.1) is 5.73 Å². The van der Waals surface area contributed by atoms with Crippen LogP contribution in [0.1, 0.15) is 70.1 Å². The van der Waals surface area contributed by atoms with Crippen LogP contribution in [0.15, 0.2) is 59.9 Å². The van der Waals surface area contributed by atoms with Gasteiger partial charge in [-0.25, -0.2) is 4.98 Å². The molecule has 2 aliphatic carbocycles. The monoisotopic (exact) mass is 444 g/mol. The molecular formula is C29H40N4. The summed E-state index contributed by atoms with van der Waals surface area (Å²) in [6.45, 7) is 10.9. The minimum atomic E-state index is 0.445. The summed E-state index contributed by atoms with van der Waals surface area (Å²) in [5, 5.41) is 15.4. The summed E-state index contributed by atoms with van der Waals surface area (Å²) in [5.41, 5.74) is 8.74. The number of nitrogens with one attached hydrogen (secondary N) is 3. The van der Waals surface area contributed by atoms with E-state index < -0.39 is 0 Å². The molecule has 0 aliphatic heterocycles. The predicted octanol–water partition coefficient (Wildman–Crippen LogP) is 6.77. The Labute approximate surface area is 200 Å². The maximum Gasteiger partial charge on any atom is 0.129 e. The second kappa shape index (κ2) is 12.5. The van der Waals surface area contributed by atoms with E-state index in [1.807, 2.05) is 12.2 Å². The summed E-state index contributed by atoms with van der Waals surface area (Å²) in [4.78, 5) is 4.95. The summed E-state index contributed by atoms with van der Waals surface area (Å²) in [5.74, 6) is 1.79. The third kappa shape index (κ3) is 7.70. The van der Waals surface area contributed by atoms with Gasteiger partial charge in [-0.3, -0.25) is 0 Å². The molecule has 3 rings (SSSR count). The molecule has 2 saturated carbocycles. The van der Waals surface area contributed by atoms with Crippen LogP contribution in [0.5, 0.6) is 0 Å². The Bertz CT molecular complexity index is 950. The molecule has 0 amide bonds. The number of aryl methyl sites for hydroxylation is 1. The first kappa shape index (κ1) is 25.0. The van der Waals surface area contributed by atoms with Gasteiger partial charge < -0.3 is 16.0 Å². The van der Waals surface area contributed by atoms with Gasteiger partial charge in [-0.1, -0.05) is 30.4 Å². The molecule has 0 atom stereocenters. The van der Waals surface area contributed by atoms with Crippen molar-refractivity contribution in [3.05, 3.63) is 71.2 Å². The van der Waals surface area contributed by atoms with Crippen LogP contribution < -0.4 is 10.6 Å². The number of allylic oxidation sites excluding steroid dienone is 4. The van der Waals surface area contributed by atoms with Crippen LogP contribution in [-0.2, 0) is 0 Å². The smallest absolute Gasteiger partial charge is 0.129 e. The number of anilines is 1. The largest absolute Gasteiger partial charge is 0.367 e. The fourth-order valence-corrected chi connectivity index (χ4v) is 4.46. The zero-order valence-corrected chi connectivity index (χ0v) is 20.6. The highest BCUT2D eigenvalue weighted by molar-refractivity contribution is 6.08. The SMILES string of the molecule is C=CC=C=C/C(=C\C)CNC1CCC(Nc2nc(/C(C=N)=C(/C)CC3CC3)ccc2C)CC1. The second-order valence-electron chi connectivity index (χ2n) is 9.50. The minimum Gasteiger partial charge on any atom is -0.367 e. The van der Waals surface area contributed by atoms with E-state index >= 15 is 0 Å². The lowest BCUT2D eigenvalue weighted by atomic mass is 9.91. The lowest BCUT2D eigenvalue weighted by molar-refractivity contribution is 0.362. The molecule has 0 unspecified atom stereocenters. The number of nitrogens with zero attached hydrogens (tertiary/aromatic N) is 1. The van der Waals surface area contributed by atoms with Crippen molar-refractivity contribution in [2.75, 3.05) is 11.9 Å². The first-order valence-electron chi connectivity index (χ1n) is 12.4. The Hall–Kier alpha value is -2.68. The van der Waals surface area contributed by atoms with Gasteiger partial charge in [-0.2, -0.15) is 0 Å². The van der Waals surface area contributed by atoms with E-state index in [4.69, 9.17) is 10.4 Å². The maximum atomic E-state index is 7.96. The molecule has 1 aromatic heterocycles. The highest BCUT2D eigenvalue weighted by Crippen LogP contribution is 2.37. The molecule has 4 heteroatoms. The molecule has 176 valence electrons. The molecular weight excluding hydrogens is 404 g/mol. The molecule has 0 aromatic carbocycles. The lowest BCUT2D eigenvalue weighted by Crippen LogP contribution is -2.37.